The van der Waals surface area contributed by atoms with Crippen molar-refractivity contribution < 1.29 is 19.4 Å². The second kappa shape index (κ2) is 4.85. The first kappa shape index (κ1) is 12.1. The summed E-state index contributed by atoms with van der Waals surface area (Å²) in [7, 11) is 0. The van der Waals surface area contributed by atoms with Crippen LogP contribution in [0.2, 0.25) is 0 Å². The Bertz CT molecular complexity index is 442. The molecule has 2 unspecified atom stereocenters. The van der Waals surface area contributed by atoms with Crippen LogP contribution in [0.15, 0.2) is 11.4 Å². The van der Waals surface area contributed by atoms with E-state index in [4.69, 9.17) is 9.84 Å². The van der Waals surface area contributed by atoms with E-state index in [9.17, 15) is 9.59 Å². The summed E-state index contributed by atoms with van der Waals surface area (Å²) < 4.78 is 5.31. The smallest absolute Gasteiger partial charge is 0.338 e. The van der Waals surface area contributed by atoms with Crippen molar-refractivity contribution in [2.75, 3.05) is 11.9 Å². The van der Waals surface area contributed by atoms with Gasteiger partial charge in [0.25, 0.3) is 0 Å². The van der Waals surface area contributed by atoms with E-state index >= 15 is 0 Å². The van der Waals surface area contributed by atoms with E-state index in [-0.39, 0.29) is 23.5 Å². The van der Waals surface area contributed by atoms with Gasteiger partial charge in [0.05, 0.1) is 24.2 Å². The molecule has 2 N–H and O–H groups in total. The van der Waals surface area contributed by atoms with Gasteiger partial charge < -0.3 is 15.2 Å². The predicted molar refractivity (Wildman–Crippen MR) is 63.4 cm³/mol. The van der Waals surface area contributed by atoms with Crippen molar-refractivity contribution in [3.05, 3.63) is 17.0 Å². The van der Waals surface area contributed by atoms with Crippen LogP contribution in [-0.4, -0.2) is 29.7 Å². The molecule has 1 amide bonds. The zero-order valence-electron chi connectivity index (χ0n) is 9.30. The number of carboxylic acids is 1. The molecule has 1 aromatic heterocycles. The highest BCUT2D eigenvalue weighted by molar-refractivity contribution is 7.14. The Morgan fingerprint density at radius 3 is 2.94 bits per heavy atom. The average molecular weight is 255 g/mol. The lowest BCUT2D eigenvalue weighted by molar-refractivity contribution is -0.119. The van der Waals surface area contributed by atoms with E-state index in [1.807, 2.05) is 6.92 Å². The van der Waals surface area contributed by atoms with Crippen LogP contribution in [0.3, 0.4) is 0 Å². The van der Waals surface area contributed by atoms with Crippen molar-refractivity contribution in [2.45, 2.75) is 19.4 Å². The third kappa shape index (κ3) is 2.65. The third-order valence-electron chi connectivity index (χ3n) is 2.70. The van der Waals surface area contributed by atoms with E-state index in [1.54, 1.807) is 5.38 Å². The number of hydrogen-bond acceptors (Lipinski definition) is 4. The molecule has 0 spiro atoms. The van der Waals surface area contributed by atoms with Gasteiger partial charge in [0.1, 0.15) is 5.00 Å². The van der Waals surface area contributed by atoms with E-state index in [1.165, 1.54) is 17.4 Å². The van der Waals surface area contributed by atoms with Crippen molar-refractivity contribution in [2.24, 2.45) is 5.92 Å². The SMILES string of the molecule is CC1CC(C(=O)Nc2sccc2C(=O)O)CO1. The molecular weight excluding hydrogens is 242 g/mol. The summed E-state index contributed by atoms with van der Waals surface area (Å²) >= 11 is 1.21. The monoisotopic (exact) mass is 255 g/mol. The van der Waals surface area contributed by atoms with Crippen LogP contribution in [0, 0.1) is 5.92 Å². The normalized spacial score (nSPS) is 23.6. The van der Waals surface area contributed by atoms with Crippen molar-refractivity contribution >= 4 is 28.2 Å². The Hall–Kier alpha value is -1.40. The summed E-state index contributed by atoms with van der Waals surface area (Å²) in [6, 6.07) is 1.48. The highest BCUT2D eigenvalue weighted by Crippen LogP contribution is 2.26. The van der Waals surface area contributed by atoms with Gasteiger partial charge in [-0.1, -0.05) is 0 Å². The fourth-order valence-electron chi connectivity index (χ4n) is 1.79. The molecule has 6 heteroatoms. The molecule has 0 radical (unpaired) electrons. The lowest BCUT2D eigenvalue weighted by Crippen LogP contribution is -2.23. The molecule has 1 aromatic rings. The molecule has 1 aliphatic heterocycles. The first-order valence-corrected chi connectivity index (χ1v) is 6.19. The lowest BCUT2D eigenvalue weighted by Gasteiger charge is -2.08. The molecule has 0 bridgehead atoms. The molecule has 1 aliphatic rings. The molecule has 2 rings (SSSR count). The van der Waals surface area contributed by atoms with E-state index in [2.05, 4.69) is 5.32 Å². The van der Waals surface area contributed by atoms with Crippen LogP contribution in [0.5, 0.6) is 0 Å². The summed E-state index contributed by atoms with van der Waals surface area (Å²) in [6.07, 6.45) is 0.771. The van der Waals surface area contributed by atoms with Gasteiger partial charge in [0, 0.05) is 0 Å². The number of carbonyl (C=O) groups is 2. The van der Waals surface area contributed by atoms with Crippen LogP contribution >= 0.6 is 11.3 Å². The van der Waals surface area contributed by atoms with Crippen molar-refractivity contribution in [3.8, 4) is 0 Å². The quantitative estimate of drug-likeness (QED) is 0.863. The van der Waals surface area contributed by atoms with Gasteiger partial charge >= 0.3 is 5.97 Å². The van der Waals surface area contributed by atoms with Gasteiger partial charge in [-0.25, -0.2) is 4.79 Å². The molecule has 92 valence electrons. The molecule has 17 heavy (non-hydrogen) atoms. The van der Waals surface area contributed by atoms with Gasteiger partial charge in [-0.3, -0.25) is 4.79 Å². The fourth-order valence-corrected chi connectivity index (χ4v) is 2.57. The summed E-state index contributed by atoms with van der Waals surface area (Å²) in [4.78, 5) is 22.7. The molecule has 0 aliphatic carbocycles. The van der Waals surface area contributed by atoms with Crippen molar-refractivity contribution in [1.29, 1.82) is 0 Å². The van der Waals surface area contributed by atoms with Gasteiger partial charge in [-0.15, -0.1) is 11.3 Å². The number of anilines is 1. The summed E-state index contributed by atoms with van der Waals surface area (Å²) in [5.41, 5.74) is 0.135. The van der Waals surface area contributed by atoms with Gasteiger partial charge in [0.15, 0.2) is 0 Å². The average Bonchev–Trinajstić information content (AvgIpc) is 2.86. The fraction of sp³-hybridized carbons (Fsp3) is 0.455. The Kier molecular flexibility index (Phi) is 3.44. The van der Waals surface area contributed by atoms with Crippen LogP contribution in [0.4, 0.5) is 5.00 Å². The van der Waals surface area contributed by atoms with E-state index in [0.29, 0.717) is 18.0 Å². The summed E-state index contributed by atoms with van der Waals surface area (Å²) in [6.45, 7) is 2.32. The number of nitrogens with one attached hydrogen (secondary N) is 1. The maximum absolute atomic E-state index is 11.9. The Labute approximate surface area is 102 Å². The predicted octanol–water partition coefficient (Wildman–Crippen LogP) is 1.81. The lowest BCUT2D eigenvalue weighted by atomic mass is 10.1. The maximum Gasteiger partial charge on any atom is 0.338 e. The van der Waals surface area contributed by atoms with Crippen LogP contribution in [-0.2, 0) is 9.53 Å². The van der Waals surface area contributed by atoms with Crippen LogP contribution in [0.1, 0.15) is 23.7 Å². The van der Waals surface area contributed by atoms with Crippen LogP contribution < -0.4 is 5.32 Å². The van der Waals surface area contributed by atoms with Gasteiger partial charge in [-0.2, -0.15) is 0 Å². The minimum atomic E-state index is -1.03. The molecular formula is C11H13NO4S. The van der Waals surface area contributed by atoms with Crippen LogP contribution in [0.25, 0.3) is 0 Å². The molecule has 2 heterocycles. The zero-order chi connectivity index (χ0) is 12.4. The Balaban J connectivity index is 2.03. The zero-order valence-corrected chi connectivity index (χ0v) is 10.1. The number of thiophene rings is 1. The number of ether oxygens (including phenoxy) is 1. The number of carbonyl (C=O) groups excluding carboxylic acids is 1. The minimum absolute atomic E-state index is 0.0908. The topological polar surface area (TPSA) is 75.6 Å². The number of rotatable bonds is 3. The third-order valence-corrected chi connectivity index (χ3v) is 3.53. The van der Waals surface area contributed by atoms with Crippen molar-refractivity contribution in [1.82, 2.24) is 0 Å². The summed E-state index contributed by atoms with van der Waals surface area (Å²) in [5.74, 6) is -1.38. The number of amides is 1. The van der Waals surface area contributed by atoms with E-state index in [0.717, 1.165) is 0 Å². The van der Waals surface area contributed by atoms with Crippen molar-refractivity contribution in [3.63, 3.8) is 0 Å². The van der Waals surface area contributed by atoms with Gasteiger partial charge in [0.2, 0.25) is 5.91 Å². The number of hydrogen-bond donors (Lipinski definition) is 2. The highest BCUT2D eigenvalue weighted by Gasteiger charge is 2.29. The Morgan fingerprint density at radius 2 is 2.35 bits per heavy atom. The molecule has 0 saturated carbocycles. The maximum atomic E-state index is 11.9. The molecule has 1 fully saturated rings. The number of carboxylic acid groups (broad SMARTS) is 1. The molecule has 0 aromatic carbocycles. The Morgan fingerprint density at radius 1 is 1.59 bits per heavy atom. The summed E-state index contributed by atoms with van der Waals surface area (Å²) in [5, 5.41) is 13.6. The standard InChI is InChI=1S/C11H13NO4S/c1-6-4-7(5-16-6)9(13)12-10-8(11(14)15)2-3-17-10/h2-3,6-7H,4-5H2,1H3,(H,12,13)(H,14,15). The molecule has 1 saturated heterocycles. The second-order valence-corrected chi connectivity index (χ2v) is 4.95. The largest absolute Gasteiger partial charge is 0.478 e. The highest BCUT2D eigenvalue weighted by atomic mass is 32.1. The van der Waals surface area contributed by atoms with Gasteiger partial charge in [-0.05, 0) is 24.8 Å². The number of aromatic carboxylic acids is 1. The minimum Gasteiger partial charge on any atom is -0.478 e. The molecule has 5 nitrogen and oxygen atoms in total. The first-order chi connectivity index (χ1) is 8.08. The first-order valence-electron chi connectivity index (χ1n) is 5.31. The molecule has 2 atom stereocenters. The second-order valence-electron chi connectivity index (χ2n) is 4.03. The van der Waals surface area contributed by atoms with E-state index < -0.39 is 5.97 Å².